The van der Waals surface area contributed by atoms with Crippen molar-refractivity contribution in [3.8, 4) is 0 Å². The minimum atomic E-state index is -0.682. The molecule has 0 spiro atoms. The van der Waals surface area contributed by atoms with Crippen molar-refractivity contribution in [2.45, 2.75) is 13.8 Å². The molecule has 6 nitrogen and oxygen atoms in total. The lowest BCUT2D eigenvalue weighted by molar-refractivity contribution is 0.0849. The maximum absolute atomic E-state index is 10.9. The molecular formula is C7H14N2O4. The summed E-state index contributed by atoms with van der Waals surface area (Å²) < 4.78 is 9.14. The lowest BCUT2D eigenvalue weighted by Crippen LogP contribution is -2.43. The summed E-state index contributed by atoms with van der Waals surface area (Å²) in [5.74, 6) is 0. The van der Waals surface area contributed by atoms with Gasteiger partial charge in [0, 0.05) is 7.05 Å². The molecule has 0 aliphatic carbocycles. The zero-order chi connectivity index (χ0) is 10.3. The van der Waals surface area contributed by atoms with Gasteiger partial charge in [0.05, 0.1) is 13.2 Å². The van der Waals surface area contributed by atoms with E-state index in [1.807, 2.05) is 0 Å². The Morgan fingerprint density at radius 1 is 1.23 bits per heavy atom. The van der Waals surface area contributed by atoms with Crippen LogP contribution in [0, 0.1) is 0 Å². The van der Waals surface area contributed by atoms with E-state index in [-0.39, 0.29) is 13.2 Å². The molecule has 76 valence electrons. The average Bonchev–Trinajstić information content (AvgIpc) is 2.05. The molecule has 0 aromatic heterocycles. The van der Waals surface area contributed by atoms with E-state index < -0.39 is 12.2 Å². The first-order valence-electron chi connectivity index (χ1n) is 3.95. The van der Waals surface area contributed by atoms with Crippen LogP contribution in [0.1, 0.15) is 13.8 Å². The van der Waals surface area contributed by atoms with Gasteiger partial charge in [-0.15, -0.1) is 0 Å². The smallest absolute Gasteiger partial charge is 0.428 e. The Kier molecular flexibility index (Phi) is 5.42. The van der Waals surface area contributed by atoms with Crippen LogP contribution in [-0.2, 0) is 9.47 Å². The van der Waals surface area contributed by atoms with Crippen LogP contribution in [0.2, 0.25) is 0 Å². The molecule has 0 heterocycles. The van der Waals surface area contributed by atoms with Crippen molar-refractivity contribution in [3.05, 3.63) is 0 Å². The lowest BCUT2D eigenvalue weighted by Gasteiger charge is -2.16. The van der Waals surface area contributed by atoms with Gasteiger partial charge in [0.15, 0.2) is 0 Å². The summed E-state index contributed by atoms with van der Waals surface area (Å²) in [6.45, 7) is 3.86. The Morgan fingerprint density at radius 3 is 2.23 bits per heavy atom. The van der Waals surface area contributed by atoms with Crippen molar-refractivity contribution in [2.24, 2.45) is 0 Å². The van der Waals surface area contributed by atoms with Gasteiger partial charge in [0.2, 0.25) is 0 Å². The van der Waals surface area contributed by atoms with Gasteiger partial charge in [-0.05, 0) is 13.8 Å². The van der Waals surface area contributed by atoms with E-state index in [0.29, 0.717) is 0 Å². The first-order chi connectivity index (χ1) is 6.11. The quantitative estimate of drug-likeness (QED) is 0.652. The second-order valence-corrected chi connectivity index (χ2v) is 2.09. The first kappa shape index (κ1) is 11.5. The van der Waals surface area contributed by atoms with Crippen LogP contribution in [0.25, 0.3) is 0 Å². The van der Waals surface area contributed by atoms with Crippen molar-refractivity contribution in [1.82, 2.24) is 10.4 Å². The zero-order valence-electron chi connectivity index (χ0n) is 7.99. The van der Waals surface area contributed by atoms with Crippen LogP contribution in [0.4, 0.5) is 9.59 Å². The summed E-state index contributed by atoms with van der Waals surface area (Å²) in [5, 5.41) is 0.918. The predicted molar refractivity (Wildman–Crippen MR) is 44.9 cm³/mol. The maximum Gasteiger partial charge on any atom is 0.428 e. The molecule has 0 aromatic carbocycles. The first-order valence-corrected chi connectivity index (χ1v) is 3.95. The normalized spacial score (nSPS) is 8.85. The van der Waals surface area contributed by atoms with E-state index in [1.165, 1.54) is 7.05 Å². The van der Waals surface area contributed by atoms with Crippen LogP contribution >= 0.6 is 0 Å². The van der Waals surface area contributed by atoms with Crippen molar-refractivity contribution in [2.75, 3.05) is 20.3 Å². The molecule has 0 radical (unpaired) electrons. The van der Waals surface area contributed by atoms with Gasteiger partial charge < -0.3 is 9.47 Å². The molecule has 0 bridgehead atoms. The van der Waals surface area contributed by atoms with Crippen LogP contribution in [-0.4, -0.2) is 37.5 Å². The van der Waals surface area contributed by atoms with E-state index in [0.717, 1.165) is 5.01 Å². The number of rotatable bonds is 2. The van der Waals surface area contributed by atoms with Gasteiger partial charge >= 0.3 is 12.2 Å². The number of hydrogen-bond donors (Lipinski definition) is 1. The van der Waals surface area contributed by atoms with E-state index in [4.69, 9.17) is 0 Å². The molecule has 0 saturated carbocycles. The van der Waals surface area contributed by atoms with Crippen molar-refractivity contribution in [1.29, 1.82) is 0 Å². The molecule has 0 saturated heterocycles. The molecule has 0 aromatic rings. The highest BCUT2D eigenvalue weighted by atomic mass is 16.6. The third kappa shape index (κ3) is 4.89. The number of carbonyl (C=O) groups is 2. The van der Waals surface area contributed by atoms with Crippen molar-refractivity contribution < 1.29 is 19.1 Å². The molecule has 1 N–H and O–H groups in total. The fourth-order valence-electron chi connectivity index (χ4n) is 0.566. The number of hydrazine groups is 1. The van der Waals surface area contributed by atoms with Gasteiger partial charge in [-0.3, -0.25) is 0 Å². The number of amides is 2. The highest BCUT2D eigenvalue weighted by Gasteiger charge is 2.11. The van der Waals surface area contributed by atoms with Gasteiger partial charge in [-0.25, -0.2) is 20.0 Å². The molecule has 2 amide bonds. The molecule has 6 heteroatoms. The zero-order valence-corrected chi connectivity index (χ0v) is 7.99. The van der Waals surface area contributed by atoms with Crippen LogP contribution in [0.15, 0.2) is 0 Å². The molecule has 0 unspecified atom stereocenters. The Hall–Kier alpha value is -1.46. The summed E-state index contributed by atoms with van der Waals surface area (Å²) in [6.07, 6.45) is -1.31. The molecule has 0 fully saturated rings. The Bertz CT molecular complexity index is 183. The fraction of sp³-hybridized carbons (Fsp3) is 0.714. The van der Waals surface area contributed by atoms with Gasteiger partial charge in [0.25, 0.3) is 0 Å². The molecule has 0 atom stereocenters. The number of ether oxygens (including phenoxy) is 2. The molecule has 13 heavy (non-hydrogen) atoms. The Labute approximate surface area is 76.8 Å². The monoisotopic (exact) mass is 190 g/mol. The second kappa shape index (κ2) is 6.10. The highest BCUT2D eigenvalue weighted by Crippen LogP contribution is 1.86. The third-order valence-corrected chi connectivity index (χ3v) is 1.08. The summed E-state index contributed by atoms with van der Waals surface area (Å²) in [5.41, 5.74) is 2.16. The van der Waals surface area contributed by atoms with E-state index in [2.05, 4.69) is 14.9 Å². The summed E-state index contributed by atoms with van der Waals surface area (Å²) in [4.78, 5) is 21.7. The highest BCUT2D eigenvalue weighted by molar-refractivity contribution is 5.73. The van der Waals surface area contributed by atoms with Gasteiger partial charge in [-0.2, -0.15) is 0 Å². The minimum Gasteiger partial charge on any atom is -0.449 e. The third-order valence-electron chi connectivity index (χ3n) is 1.08. The number of hydrogen-bond acceptors (Lipinski definition) is 4. The molecule has 0 aliphatic heterocycles. The SMILES string of the molecule is CCOC(=O)NN(C)C(=O)OCC. The fourth-order valence-corrected chi connectivity index (χ4v) is 0.566. The van der Waals surface area contributed by atoms with Crippen LogP contribution in [0.5, 0.6) is 0 Å². The summed E-state index contributed by atoms with van der Waals surface area (Å²) in [6, 6.07) is 0. The standard InChI is InChI=1S/C7H14N2O4/c1-4-12-6(10)8-9(3)7(11)13-5-2/h4-5H2,1-3H3,(H,8,10). The Morgan fingerprint density at radius 2 is 1.77 bits per heavy atom. The number of nitrogens with zero attached hydrogens (tertiary/aromatic N) is 1. The predicted octanol–water partition coefficient (Wildman–Crippen LogP) is 0.736. The van der Waals surface area contributed by atoms with E-state index in [1.54, 1.807) is 13.8 Å². The topological polar surface area (TPSA) is 67.9 Å². The van der Waals surface area contributed by atoms with E-state index in [9.17, 15) is 9.59 Å². The Balaban J connectivity index is 3.78. The van der Waals surface area contributed by atoms with Gasteiger partial charge in [0.1, 0.15) is 0 Å². The minimum absolute atomic E-state index is 0.252. The largest absolute Gasteiger partial charge is 0.449 e. The van der Waals surface area contributed by atoms with Crippen LogP contribution in [0.3, 0.4) is 0 Å². The summed E-state index contributed by atoms with van der Waals surface area (Å²) >= 11 is 0. The van der Waals surface area contributed by atoms with Gasteiger partial charge in [-0.1, -0.05) is 0 Å². The molecular weight excluding hydrogens is 176 g/mol. The molecule has 0 aliphatic rings. The number of nitrogens with one attached hydrogen (secondary N) is 1. The maximum atomic E-state index is 10.9. The number of carbonyl (C=O) groups excluding carboxylic acids is 2. The summed E-state index contributed by atoms with van der Waals surface area (Å²) in [7, 11) is 1.37. The van der Waals surface area contributed by atoms with Crippen molar-refractivity contribution >= 4 is 12.2 Å². The second-order valence-electron chi connectivity index (χ2n) is 2.09. The van der Waals surface area contributed by atoms with Crippen molar-refractivity contribution in [3.63, 3.8) is 0 Å². The average molecular weight is 190 g/mol. The van der Waals surface area contributed by atoms with E-state index >= 15 is 0 Å². The molecule has 0 rings (SSSR count). The lowest BCUT2D eigenvalue weighted by atomic mass is 10.8. The van der Waals surface area contributed by atoms with Crippen LogP contribution < -0.4 is 5.43 Å².